The number of aliphatic hydroxyl groups excluding tert-OH is 1. The molecule has 3 atom stereocenters. The van der Waals surface area contributed by atoms with E-state index < -0.39 is 0 Å². The molecule has 14 heavy (non-hydrogen) atoms. The summed E-state index contributed by atoms with van der Waals surface area (Å²) in [5.41, 5.74) is 0. The molecule has 3 heteroatoms. The Morgan fingerprint density at radius 2 is 2.07 bits per heavy atom. The standard InChI is InChI=1S/C11H13BrOS/c12-9-5-4-8(14-9)11(13)10-6-2-1-3-7(6)10/h4-7,10-11,13H,1-3H2. The van der Waals surface area contributed by atoms with Gasteiger partial charge in [-0.1, -0.05) is 6.42 Å². The molecule has 3 unspecified atom stereocenters. The van der Waals surface area contributed by atoms with E-state index in [-0.39, 0.29) is 6.10 Å². The van der Waals surface area contributed by atoms with E-state index in [1.165, 1.54) is 19.3 Å². The van der Waals surface area contributed by atoms with E-state index in [1.807, 2.05) is 12.1 Å². The predicted octanol–water partition coefficient (Wildman–Crippen LogP) is 3.59. The molecule has 2 fully saturated rings. The molecule has 0 spiro atoms. The molecule has 0 bridgehead atoms. The van der Waals surface area contributed by atoms with Gasteiger partial charge in [0.05, 0.1) is 9.89 Å². The van der Waals surface area contributed by atoms with Gasteiger partial charge in [0.25, 0.3) is 0 Å². The molecule has 0 saturated heterocycles. The van der Waals surface area contributed by atoms with E-state index in [0.29, 0.717) is 5.92 Å². The molecule has 1 N–H and O–H groups in total. The summed E-state index contributed by atoms with van der Waals surface area (Å²) in [4.78, 5) is 1.14. The normalized spacial score (nSPS) is 36.9. The van der Waals surface area contributed by atoms with Gasteiger partial charge in [0.15, 0.2) is 0 Å². The lowest BCUT2D eigenvalue weighted by molar-refractivity contribution is 0.141. The van der Waals surface area contributed by atoms with Gasteiger partial charge >= 0.3 is 0 Å². The third-order valence-corrected chi connectivity index (χ3v) is 5.42. The van der Waals surface area contributed by atoms with Crippen molar-refractivity contribution in [3.8, 4) is 0 Å². The quantitative estimate of drug-likeness (QED) is 0.873. The molecule has 0 amide bonds. The molecule has 1 aromatic rings. The number of thiophene rings is 1. The van der Waals surface area contributed by atoms with Crippen LogP contribution in [0.25, 0.3) is 0 Å². The van der Waals surface area contributed by atoms with Gasteiger partial charge in [-0.3, -0.25) is 0 Å². The first kappa shape index (κ1) is 9.37. The van der Waals surface area contributed by atoms with Crippen molar-refractivity contribution in [2.45, 2.75) is 25.4 Å². The molecule has 2 saturated carbocycles. The van der Waals surface area contributed by atoms with Crippen LogP contribution >= 0.6 is 27.3 Å². The minimum atomic E-state index is -0.193. The van der Waals surface area contributed by atoms with Gasteiger partial charge in [-0.2, -0.15) is 0 Å². The zero-order valence-corrected chi connectivity index (χ0v) is 10.2. The molecule has 1 heterocycles. The first-order valence-corrected chi connectivity index (χ1v) is 6.81. The van der Waals surface area contributed by atoms with E-state index in [0.717, 1.165) is 20.5 Å². The van der Waals surface area contributed by atoms with E-state index in [2.05, 4.69) is 15.9 Å². The van der Waals surface area contributed by atoms with Crippen LogP contribution in [0, 0.1) is 17.8 Å². The molecule has 0 aliphatic heterocycles. The Bertz CT molecular complexity index is 339. The van der Waals surface area contributed by atoms with Gasteiger partial charge in [0, 0.05) is 4.88 Å². The van der Waals surface area contributed by atoms with E-state index >= 15 is 0 Å². The Morgan fingerprint density at radius 1 is 1.36 bits per heavy atom. The summed E-state index contributed by atoms with van der Waals surface area (Å²) in [7, 11) is 0. The van der Waals surface area contributed by atoms with Crippen LogP contribution in [0.5, 0.6) is 0 Å². The number of halogens is 1. The molecule has 76 valence electrons. The summed E-state index contributed by atoms with van der Waals surface area (Å²) in [6, 6.07) is 4.08. The van der Waals surface area contributed by atoms with Crippen LogP contribution in [0.1, 0.15) is 30.2 Å². The molecule has 0 aromatic carbocycles. The zero-order chi connectivity index (χ0) is 9.71. The maximum Gasteiger partial charge on any atom is 0.0915 e. The number of hydrogen-bond donors (Lipinski definition) is 1. The van der Waals surface area contributed by atoms with Gasteiger partial charge in [-0.05, 0) is 58.7 Å². The molecule has 0 radical (unpaired) electrons. The maximum absolute atomic E-state index is 10.2. The van der Waals surface area contributed by atoms with Crippen LogP contribution in [-0.2, 0) is 0 Å². The first-order chi connectivity index (χ1) is 6.77. The Labute approximate surface area is 96.3 Å². The largest absolute Gasteiger partial charge is 0.387 e. The minimum absolute atomic E-state index is 0.193. The smallest absolute Gasteiger partial charge is 0.0915 e. The summed E-state index contributed by atoms with van der Waals surface area (Å²) < 4.78 is 1.12. The summed E-state index contributed by atoms with van der Waals surface area (Å²) >= 11 is 5.11. The Hall–Kier alpha value is 0.140. The van der Waals surface area contributed by atoms with Crippen molar-refractivity contribution in [3.05, 3.63) is 20.8 Å². The molecule has 3 rings (SSSR count). The van der Waals surface area contributed by atoms with Gasteiger partial charge < -0.3 is 5.11 Å². The lowest BCUT2D eigenvalue weighted by Gasteiger charge is -2.09. The topological polar surface area (TPSA) is 20.2 Å². The van der Waals surface area contributed by atoms with Crippen molar-refractivity contribution in [1.82, 2.24) is 0 Å². The summed E-state index contributed by atoms with van der Waals surface area (Å²) in [6.45, 7) is 0. The first-order valence-electron chi connectivity index (χ1n) is 5.20. The molecule has 1 nitrogen and oxygen atoms in total. The molecular weight excluding hydrogens is 260 g/mol. The Balaban J connectivity index is 1.75. The van der Waals surface area contributed by atoms with Crippen molar-refractivity contribution >= 4 is 27.3 Å². The second-order valence-corrected chi connectivity index (χ2v) is 6.92. The Morgan fingerprint density at radius 3 is 2.64 bits per heavy atom. The van der Waals surface area contributed by atoms with Crippen molar-refractivity contribution in [2.24, 2.45) is 17.8 Å². The van der Waals surface area contributed by atoms with Crippen LogP contribution in [0.2, 0.25) is 0 Å². The highest BCUT2D eigenvalue weighted by Gasteiger charge is 2.56. The highest BCUT2D eigenvalue weighted by molar-refractivity contribution is 9.11. The van der Waals surface area contributed by atoms with Gasteiger partial charge in [0.1, 0.15) is 0 Å². The second-order valence-electron chi connectivity index (χ2n) is 4.42. The van der Waals surface area contributed by atoms with Crippen molar-refractivity contribution in [2.75, 3.05) is 0 Å². The van der Waals surface area contributed by atoms with Crippen LogP contribution in [0.4, 0.5) is 0 Å². The average molecular weight is 273 g/mol. The van der Waals surface area contributed by atoms with Crippen LogP contribution in [-0.4, -0.2) is 5.11 Å². The van der Waals surface area contributed by atoms with Crippen molar-refractivity contribution in [3.63, 3.8) is 0 Å². The number of rotatable bonds is 2. The van der Waals surface area contributed by atoms with Crippen LogP contribution in [0.15, 0.2) is 15.9 Å². The average Bonchev–Trinajstić information content (AvgIpc) is 2.56. The number of hydrogen-bond acceptors (Lipinski definition) is 2. The molecular formula is C11H13BrOS. The monoisotopic (exact) mass is 272 g/mol. The van der Waals surface area contributed by atoms with Crippen LogP contribution in [0.3, 0.4) is 0 Å². The third kappa shape index (κ3) is 1.37. The fourth-order valence-electron chi connectivity index (χ4n) is 3.02. The number of fused-ring (bicyclic) bond motifs is 1. The van der Waals surface area contributed by atoms with Crippen molar-refractivity contribution < 1.29 is 5.11 Å². The fraction of sp³-hybridized carbons (Fsp3) is 0.636. The van der Waals surface area contributed by atoms with E-state index in [9.17, 15) is 5.11 Å². The molecule has 2 aliphatic rings. The summed E-state index contributed by atoms with van der Waals surface area (Å²) in [6.07, 6.45) is 3.88. The molecule has 2 aliphatic carbocycles. The fourth-order valence-corrected chi connectivity index (χ4v) is 4.49. The van der Waals surface area contributed by atoms with E-state index in [1.54, 1.807) is 11.3 Å². The zero-order valence-electron chi connectivity index (χ0n) is 7.82. The Kier molecular flexibility index (Phi) is 2.22. The third-order valence-electron chi connectivity index (χ3n) is 3.72. The summed E-state index contributed by atoms with van der Waals surface area (Å²) in [5.74, 6) is 2.26. The summed E-state index contributed by atoms with van der Waals surface area (Å²) in [5, 5.41) is 10.2. The SMILES string of the molecule is OC(c1ccc(Br)s1)C1C2CCCC21. The highest BCUT2D eigenvalue weighted by Crippen LogP contribution is 2.62. The lowest BCUT2D eigenvalue weighted by Crippen LogP contribution is -2.01. The van der Waals surface area contributed by atoms with Gasteiger partial charge in [-0.15, -0.1) is 11.3 Å². The van der Waals surface area contributed by atoms with Gasteiger partial charge in [0.2, 0.25) is 0 Å². The number of aliphatic hydroxyl groups is 1. The van der Waals surface area contributed by atoms with E-state index in [4.69, 9.17) is 0 Å². The molecule has 1 aromatic heterocycles. The second kappa shape index (κ2) is 3.32. The minimum Gasteiger partial charge on any atom is -0.387 e. The van der Waals surface area contributed by atoms with Crippen LogP contribution < -0.4 is 0 Å². The van der Waals surface area contributed by atoms with Gasteiger partial charge in [-0.25, -0.2) is 0 Å². The van der Waals surface area contributed by atoms with Crippen molar-refractivity contribution in [1.29, 1.82) is 0 Å². The predicted molar refractivity (Wildman–Crippen MR) is 61.3 cm³/mol. The highest BCUT2D eigenvalue weighted by atomic mass is 79.9. The lowest BCUT2D eigenvalue weighted by atomic mass is 10.1. The maximum atomic E-state index is 10.2.